The lowest BCUT2D eigenvalue weighted by atomic mass is 10.6. The Hall–Kier alpha value is 0.0300. The second-order valence-electron chi connectivity index (χ2n) is 1.64. The van der Waals surface area contributed by atoms with Gasteiger partial charge in [0.05, 0.1) is 0 Å². The fraction of sp³-hybridized carbons (Fsp3) is 1.00. The standard InChI is InChI=1S/C2H8NO5P/c1-2(3,4)8-9(5,6)7/h4H,3H2,1H3,(H2,5,6,7). The molecular weight excluding hydrogens is 149 g/mol. The molecule has 0 aliphatic heterocycles. The van der Waals surface area contributed by atoms with Crippen LogP contribution >= 0.6 is 7.82 Å². The van der Waals surface area contributed by atoms with Gasteiger partial charge in [-0.15, -0.1) is 0 Å². The van der Waals surface area contributed by atoms with E-state index in [2.05, 4.69) is 10.3 Å². The number of rotatable bonds is 2. The molecule has 0 aliphatic carbocycles. The minimum Gasteiger partial charge on any atom is -0.353 e. The van der Waals surface area contributed by atoms with E-state index in [1.54, 1.807) is 0 Å². The van der Waals surface area contributed by atoms with Crippen molar-refractivity contribution in [2.45, 2.75) is 12.8 Å². The number of phosphoric acid groups is 1. The molecule has 0 saturated carbocycles. The topological polar surface area (TPSA) is 113 Å². The highest BCUT2D eigenvalue weighted by atomic mass is 31.2. The average Bonchev–Trinajstić information content (AvgIpc) is 1.14. The molecule has 9 heavy (non-hydrogen) atoms. The molecule has 0 aromatic rings. The lowest BCUT2D eigenvalue weighted by Gasteiger charge is -2.17. The first-order valence-electron chi connectivity index (χ1n) is 1.98. The van der Waals surface area contributed by atoms with E-state index < -0.39 is 13.7 Å². The summed E-state index contributed by atoms with van der Waals surface area (Å²) in [5.41, 5.74) is 4.66. The molecule has 0 amide bonds. The van der Waals surface area contributed by atoms with E-state index in [0.29, 0.717) is 0 Å². The van der Waals surface area contributed by atoms with Gasteiger partial charge >= 0.3 is 7.82 Å². The lowest BCUT2D eigenvalue weighted by Crippen LogP contribution is -2.37. The van der Waals surface area contributed by atoms with Gasteiger partial charge < -0.3 is 14.9 Å². The van der Waals surface area contributed by atoms with E-state index in [9.17, 15) is 4.57 Å². The van der Waals surface area contributed by atoms with Gasteiger partial charge in [-0.2, -0.15) is 0 Å². The molecular formula is C2H8NO5P. The zero-order valence-electron chi connectivity index (χ0n) is 4.68. The van der Waals surface area contributed by atoms with Crippen molar-refractivity contribution in [1.29, 1.82) is 0 Å². The van der Waals surface area contributed by atoms with Crippen LogP contribution < -0.4 is 5.73 Å². The third-order valence-electron chi connectivity index (χ3n) is 0.304. The van der Waals surface area contributed by atoms with Crippen LogP contribution in [0.5, 0.6) is 0 Å². The molecule has 1 unspecified atom stereocenters. The van der Waals surface area contributed by atoms with E-state index >= 15 is 0 Å². The molecule has 0 radical (unpaired) electrons. The molecule has 1 atom stereocenters. The van der Waals surface area contributed by atoms with Crippen molar-refractivity contribution in [3.8, 4) is 0 Å². The first kappa shape index (κ1) is 9.03. The van der Waals surface area contributed by atoms with Crippen molar-refractivity contribution in [1.82, 2.24) is 0 Å². The molecule has 0 fully saturated rings. The van der Waals surface area contributed by atoms with Gasteiger partial charge in [0, 0.05) is 6.92 Å². The molecule has 0 spiro atoms. The van der Waals surface area contributed by atoms with Crippen molar-refractivity contribution in [2.75, 3.05) is 0 Å². The smallest absolute Gasteiger partial charge is 0.353 e. The monoisotopic (exact) mass is 157 g/mol. The van der Waals surface area contributed by atoms with Gasteiger partial charge in [0.1, 0.15) is 0 Å². The molecule has 0 rings (SSSR count). The largest absolute Gasteiger partial charge is 0.473 e. The van der Waals surface area contributed by atoms with Gasteiger partial charge in [-0.25, -0.2) is 9.09 Å². The van der Waals surface area contributed by atoms with Crippen LogP contribution in [0.2, 0.25) is 0 Å². The maximum Gasteiger partial charge on any atom is 0.473 e. The molecule has 0 aliphatic rings. The first-order valence-corrected chi connectivity index (χ1v) is 3.51. The molecule has 6 nitrogen and oxygen atoms in total. The summed E-state index contributed by atoms with van der Waals surface area (Å²) in [6.45, 7) is 0.909. The van der Waals surface area contributed by atoms with E-state index in [4.69, 9.17) is 14.9 Å². The first-order chi connectivity index (χ1) is 3.71. The van der Waals surface area contributed by atoms with Crippen LogP contribution in [0.25, 0.3) is 0 Å². The summed E-state index contributed by atoms with van der Waals surface area (Å²) in [5, 5.41) is 8.42. The van der Waals surface area contributed by atoms with E-state index in [0.717, 1.165) is 6.92 Å². The molecule has 0 saturated heterocycles. The number of aliphatic hydroxyl groups is 1. The summed E-state index contributed by atoms with van der Waals surface area (Å²) in [5.74, 6) is -2.28. The summed E-state index contributed by atoms with van der Waals surface area (Å²) < 4.78 is 13.5. The van der Waals surface area contributed by atoms with E-state index in [-0.39, 0.29) is 0 Å². The third kappa shape index (κ3) is 8.03. The van der Waals surface area contributed by atoms with Crippen molar-refractivity contribution < 1.29 is 24.0 Å². The van der Waals surface area contributed by atoms with Crippen LogP contribution in [0.4, 0.5) is 0 Å². The minimum atomic E-state index is -4.66. The summed E-state index contributed by atoms with van der Waals surface area (Å²) in [6, 6.07) is 0. The molecule has 56 valence electrons. The van der Waals surface area contributed by atoms with E-state index in [1.807, 2.05) is 0 Å². The maximum atomic E-state index is 9.88. The van der Waals surface area contributed by atoms with Crippen molar-refractivity contribution >= 4 is 7.82 Å². The summed E-state index contributed by atoms with van der Waals surface area (Å²) >= 11 is 0. The average molecular weight is 157 g/mol. The zero-order chi connectivity index (χ0) is 7.71. The second-order valence-corrected chi connectivity index (χ2v) is 2.80. The lowest BCUT2D eigenvalue weighted by molar-refractivity contribution is -0.128. The maximum absolute atomic E-state index is 9.88. The third-order valence-corrected chi connectivity index (χ3v) is 0.911. The highest BCUT2D eigenvalue weighted by molar-refractivity contribution is 7.46. The Morgan fingerprint density at radius 1 is 1.67 bits per heavy atom. The molecule has 0 aromatic heterocycles. The van der Waals surface area contributed by atoms with Gasteiger partial charge in [0.2, 0.25) is 5.91 Å². The Morgan fingerprint density at radius 2 is 2.00 bits per heavy atom. The highest BCUT2D eigenvalue weighted by Crippen LogP contribution is 2.38. The fourth-order valence-corrected chi connectivity index (χ4v) is 0.722. The Kier molecular flexibility index (Phi) is 2.35. The SMILES string of the molecule is CC(N)(O)OP(=O)(O)O. The van der Waals surface area contributed by atoms with E-state index in [1.165, 1.54) is 0 Å². The van der Waals surface area contributed by atoms with Gasteiger partial charge in [0.25, 0.3) is 0 Å². The molecule has 0 bridgehead atoms. The summed E-state index contributed by atoms with van der Waals surface area (Å²) in [4.78, 5) is 16.0. The summed E-state index contributed by atoms with van der Waals surface area (Å²) in [6.07, 6.45) is 0. The number of hydrogen-bond donors (Lipinski definition) is 4. The Morgan fingerprint density at radius 3 is 2.00 bits per heavy atom. The predicted molar refractivity (Wildman–Crippen MR) is 27.9 cm³/mol. The predicted octanol–water partition coefficient (Wildman–Crippen LogP) is -1.28. The highest BCUT2D eigenvalue weighted by Gasteiger charge is 2.26. The van der Waals surface area contributed by atoms with Crippen LogP contribution in [-0.2, 0) is 9.09 Å². The Bertz CT molecular complexity index is 132. The zero-order valence-corrected chi connectivity index (χ0v) is 5.58. The normalized spacial score (nSPS) is 19.2. The molecule has 7 heteroatoms. The number of phosphoric ester groups is 1. The quantitative estimate of drug-likeness (QED) is 0.293. The molecule has 5 N–H and O–H groups in total. The number of hydrogen-bond acceptors (Lipinski definition) is 4. The van der Waals surface area contributed by atoms with Gasteiger partial charge in [0.15, 0.2) is 0 Å². The second kappa shape index (κ2) is 2.34. The van der Waals surface area contributed by atoms with Gasteiger partial charge in [-0.05, 0) is 0 Å². The molecule has 0 aromatic carbocycles. The number of nitrogens with two attached hydrogens (primary N) is 1. The van der Waals surface area contributed by atoms with Crippen molar-refractivity contribution in [3.63, 3.8) is 0 Å². The minimum absolute atomic E-state index is 0.909. The van der Waals surface area contributed by atoms with Crippen molar-refractivity contribution in [2.24, 2.45) is 5.73 Å². The van der Waals surface area contributed by atoms with Crippen LogP contribution in [0.1, 0.15) is 6.92 Å². The Balaban J connectivity index is 3.90. The fourth-order valence-electron chi connectivity index (χ4n) is 0.241. The van der Waals surface area contributed by atoms with Crippen molar-refractivity contribution in [3.05, 3.63) is 0 Å². The Labute approximate surface area is 51.5 Å². The van der Waals surface area contributed by atoms with Crippen LogP contribution in [0.15, 0.2) is 0 Å². The van der Waals surface area contributed by atoms with Crippen LogP contribution in [-0.4, -0.2) is 20.8 Å². The van der Waals surface area contributed by atoms with Gasteiger partial charge in [-0.3, -0.25) is 5.73 Å². The van der Waals surface area contributed by atoms with Crippen LogP contribution in [0.3, 0.4) is 0 Å². The van der Waals surface area contributed by atoms with Gasteiger partial charge in [-0.1, -0.05) is 0 Å². The molecule has 0 heterocycles. The summed E-state index contributed by atoms with van der Waals surface area (Å²) in [7, 11) is -4.66. The van der Waals surface area contributed by atoms with Crippen LogP contribution in [0, 0.1) is 0 Å².